The van der Waals surface area contributed by atoms with Gasteiger partial charge in [-0.15, -0.1) is 0 Å². The van der Waals surface area contributed by atoms with Crippen molar-refractivity contribution >= 4 is 29.3 Å². The summed E-state index contributed by atoms with van der Waals surface area (Å²) in [6, 6.07) is 13.8. The van der Waals surface area contributed by atoms with Crippen LogP contribution >= 0.6 is 11.3 Å². The Morgan fingerprint density at radius 3 is 2.66 bits per heavy atom. The van der Waals surface area contributed by atoms with Crippen LogP contribution in [0.3, 0.4) is 0 Å². The number of benzene rings is 2. The zero-order valence-corrected chi connectivity index (χ0v) is 23.9. The van der Waals surface area contributed by atoms with Crippen molar-refractivity contribution in [3.63, 3.8) is 0 Å². The highest BCUT2D eigenvalue weighted by Gasteiger charge is 2.34. The monoisotopic (exact) mass is 577 g/mol. The number of carbonyl (C=O) groups is 2. The molecule has 1 amide bonds. The van der Waals surface area contributed by atoms with Gasteiger partial charge in [0.05, 0.1) is 42.7 Å². The zero-order valence-electron chi connectivity index (χ0n) is 23.1. The molecular formula is C30H31N3O7S. The Morgan fingerprint density at radius 2 is 1.90 bits per heavy atom. The van der Waals surface area contributed by atoms with Crippen molar-refractivity contribution in [2.45, 2.75) is 19.9 Å². The number of aromatic nitrogens is 1. The van der Waals surface area contributed by atoms with E-state index < -0.39 is 12.0 Å². The van der Waals surface area contributed by atoms with Gasteiger partial charge in [-0.2, -0.15) is 0 Å². The molecule has 1 fully saturated rings. The minimum absolute atomic E-state index is 0.0829. The highest BCUT2D eigenvalue weighted by molar-refractivity contribution is 7.07. The molecule has 41 heavy (non-hydrogen) atoms. The van der Waals surface area contributed by atoms with Crippen LogP contribution in [0, 0.1) is 0 Å². The molecule has 0 N–H and O–H groups in total. The van der Waals surface area contributed by atoms with Gasteiger partial charge in [0.15, 0.2) is 11.4 Å². The minimum Gasteiger partial charge on any atom is -0.494 e. The molecule has 5 rings (SSSR count). The number of ether oxygens (including phenoxy) is 4. The lowest BCUT2D eigenvalue weighted by molar-refractivity contribution is -0.137. The number of hydrogen-bond acceptors (Lipinski definition) is 9. The van der Waals surface area contributed by atoms with Crippen LogP contribution in [0.1, 0.15) is 31.0 Å². The Hall–Kier alpha value is -4.22. The lowest BCUT2D eigenvalue weighted by Gasteiger charge is -2.26. The number of amides is 1. The maximum atomic E-state index is 13.9. The molecule has 2 aromatic carbocycles. The Bertz CT molecular complexity index is 1670. The molecule has 1 aromatic heterocycles. The van der Waals surface area contributed by atoms with Gasteiger partial charge in [0.2, 0.25) is 0 Å². The molecule has 214 valence electrons. The van der Waals surface area contributed by atoms with E-state index in [4.69, 9.17) is 18.9 Å². The first-order valence-electron chi connectivity index (χ1n) is 13.3. The van der Waals surface area contributed by atoms with E-state index >= 15 is 0 Å². The van der Waals surface area contributed by atoms with Crippen molar-refractivity contribution in [2.24, 2.45) is 4.99 Å². The molecule has 2 aliphatic heterocycles. The molecule has 3 heterocycles. The summed E-state index contributed by atoms with van der Waals surface area (Å²) in [5.41, 5.74) is 1.84. The summed E-state index contributed by atoms with van der Waals surface area (Å²) in [4.78, 5) is 46.1. The summed E-state index contributed by atoms with van der Waals surface area (Å²) in [6.07, 6.45) is 1.75. The highest BCUT2D eigenvalue weighted by Crippen LogP contribution is 2.35. The summed E-state index contributed by atoms with van der Waals surface area (Å²) in [7, 11) is 1.31. The highest BCUT2D eigenvalue weighted by atomic mass is 32.1. The smallest absolute Gasteiger partial charge is 0.338 e. The zero-order chi connectivity index (χ0) is 28.9. The van der Waals surface area contributed by atoms with E-state index in [2.05, 4.69) is 4.99 Å². The average Bonchev–Trinajstić information content (AvgIpc) is 3.29. The van der Waals surface area contributed by atoms with E-state index in [-0.39, 0.29) is 23.6 Å². The van der Waals surface area contributed by atoms with Crippen molar-refractivity contribution in [3.05, 3.63) is 90.6 Å². The van der Waals surface area contributed by atoms with Gasteiger partial charge in [-0.25, -0.2) is 9.79 Å². The fourth-order valence-electron chi connectivity index (χ4n) is 4.87. The molecule has 0 aliphatic carbocycles. The van der Waals surface area contributed by atoms with Crippen molar-refractivity contribution in [1.29, 1.82) is 0 Å². The van der Waals surface area contributed by atoms with Crippen molar-refractivity contribution in [1.82, 2.24) is 9.47 Å². The third-order valence-electron chi connectivity index (χ3n) is 6.82. The van der Waals surface area contributed by atoms with E-state index in [1.54, 1.807) is 36.1 Å². The number of morpholine rings is 1. The number of nitrogens with zero attached hydrogens (tertiary/aromatic N) is 3. The first-order valence-corrected chi connectivity index (χ1v) is 14.1. The summed E-state index contributed by atoms with van der Waals surface area (Å²) in [5.74, 6) is 0.423. The first-order chi connectivity index (χ1) is 19.9. The second-order valence-corrected chi connectivity index (χ2v) is 10.4. The number of allylic oxidation sites excluding steroid dienone is 1. The fourth-order valence-corrected chi connectivity index (χ4v) is 5.92. The van der Waals surface area contributed by atoms with Crippen LogP contribution in [-0.4, -0.2) is 68.0 Å². The van der Waals surface area contributed by atoms with E-state index in [9.17, 15) is 14.4 Å². The van der Waals surface area contributed by atoms with Crippen LogP contribution in [0.25, 0.3) is 6.08 Å². The fraction of sp³-hybridized carbons (Fsp3) is 0.333. The number of carbonyl (C=O) groups excluding carboxylic acids is 2. The van der Waals surface area contributed by atoms with Crippen LogP contribution in [0.2, 0.25) is 0 Å². The topological polar surface area (TPSA) is 109 Å². The molecular weight excluding hydrogens is 546 g/mol. The Labute approximate surface area is 240 Å². The van der Waals surface area contributed by atoms with Gasteiger partial charge < -0.3 is 23.8 Å². The number of thiazole rings is 1. The van der Waals surface area contributed by atoms with Crippen LogP contribution in [-0.2, 0) is 19.1 Å². The van der Waals surface area contributed by atoms with E-state index in [0.717, 1.165) is 5.56 Å². The maximum Gasteiger partial charge on any atom is 0.338 e. The van der Waals surface area contributed by atoms with E-state index in [1.165, 1.54) is 23.0 Å². The second kappa shape index (κ2) is 12.5. The molecule has 3 aromatic rings. The van der Waals surface area contributed by atoms with Gasteiger partial charge in [-0.05, 0) is 43.7 Å². The van der Waals surface area contributed by atoms with Gasteiger partial charge in [0.25, 0.3) is 11.5 Å². The SMILES string of the molecule is CCOc1ccccc1C1C(C(=O)OC)=C(C)N=c2s/c(=C\c3cccc(OCC(=O)N4CCOCC4)c3)c(=O)n21. The molecule has 0 bridgehead atoms. The quantitative estimate of drug-likeness (QED) is 0.377. The third-order valence-corrected chi connectivity index (χ3v) is 7.81. The van der Waals surface area contributed by atoms with Crippen LogP contribution in [0.15, 0.2) is 69.6 Å². The molecule has 11 heteroatoms. The number of hydrogen-bond donors (Lipinski definition) is 0. The lowest BCUT2D eigenvalue weighted by Crippen LogP contribution is -2.42. The largest absolute Gasteiger partial charge is 0.494 e. The van der Waals surface area contributed by atoms with Crippen molar-refractivity contribution in [3.8, 4) is 11.5 Å². The predicted octanol–water partition coefficient (Wildman–Crippen LogP) is 2.04. The molecule has 0 saturated carbocycles. The summed E-state index contributed by atoms with van der Waals surface area (Å²) >= 11 is 1.23. The summed E-state index contributed by atoms with van der Waals surface area (Å²) < 4.78 is 24.0. The van der Waals surface area contributed by atoms with Gasteiger partial charge in [-0.1, -0.05) is 41.7 Å². The summed E-state index contributed by atoms with van der Waals surface area (Å²) in [6.45, 7) is 6.10. The lowest BCUT2D eigenvalue weighted by atomic mass is 9.95. The first kappa shape index (κ1) is 28.3. The Kier molecular flexibility index (Phi) is 8.65. The Balaban J connectivity index is 1.51. The Morgan fingerprint density at radius 1 is 1.12 bits per heavy atom. The van der Waals surface area contributed by atoms with Crippen molar-refractivity contribution < 1.29 is 28.5 Å². The van der Waals surface area contributed by atoms with E-state index in [0.29, 0.717) is 65.0 Å². The molecule has 2 aliphatic rings. The number of esters is 1. The molecule has 1 unspecified atom stereocenters. The number of fused-ring (bicyclic) bond motifs is 1. The predicted molar refractivity (Wildman–Crippen MR) is 153 cm³/mol. The number of rotatable bonds is 8. The van der Waals surface area contributed by atoms with Gasteiger partial charge in [0.1, 0.15) is 17.5 Å². The van der Waals surface area contributed by atoms with Gasteiger partial charge in [-0.3, -0.25) is 14.2 Å². The normalized spacial score (nSPS) is 17.1. The van der Waals surface area contributed by atoms with E-state index in [1.807, 2.05) is 37.3 Å². The molecule has 10 nitrogen and oxygen atoms in total. The molecule has 0 radical (unpaired) electrons. The van der Waals surface area contributed by atoms with Gasteiger partial charge in [0, 0.05) is 18.7 Å². The molecule has 1 saturated heterocycles. The maximum absolute atomic E-state index is 13.9. The number of methoxy groups -OCH3 is 1. The number of para-hydroxylation sites is 1. The van der Waals surface area contributed by atoms with Gasteiger partial charge >= 0.3 is 5.97 Å². The second-order valence-electron chi connectivity index (χ2n) is 9.40. The average molecular weight is 578 g/mol. The molecule has 1 atom stereocenters. The molecule has 0 spiro atoms. The summed E-state index contributed by atoms with van der Waals surface area (Å²) in [5, 5.41) is 0. The van der Waals surface area contributed by atoms with Crippen LogP contribution in [0.4, 0.5) is 0 Å². The van der Waals surface area contributed by atoms with Crippen LogP contribution < -0.4 is 24.4 Å². The third kappa shape index (κ3) is 5.96. The van der Waals surface area contributed by atoms with Crippen LogP contribution in [0.5, 0.6) is 11.5 Å². The standard InChI is InChI=1S/C30H31N3O7S/c1-4-39-23-11-6-5-10-22(23)27-26(29(36)37-3)19(2)31-30-33(27)28(35)24(41-30)17-20-8-7-9-21(16-20)40-18-25(34)32-12-14-38-15-13-32/h5-11,16-17,27H,4,12-15,18H2,1-3H3/b24-17-. The van der Waals surface area contributed by atoms with Crippen molar-refractivity contribution in [2.75, 3.05) is 46.6 Å². The minimum atomic E-state index is -0.774.